The van der Waals surface area contributed by atoms with Gasteiger partial charge in [0.25, 0.3) is 5.91 Å². The van der Waals surface area contributed by atoms with E-state index in [1.807, 2.05) is 50.2 Å². The first-order chi connectivity index (χ1) is 13.6. The second kappa shape index (κ2) is 7.44. The Hall–Kier alpha value is -3.80. The average molecular weight is 370 g/mol. The average Bonchev–Trinajstić information content (AvgIpc) is 2.70. The lowest BCUT2D eigenvalue weighted by atomic mass is 10.1. The third kappa shape index (κ3) is 3.66. The number of hydrogen-bond acceptors (Lipinski definition) is 5. The van der Waals surface area contributed by atoms with Crippen molar-refractivity contribution in [2.75, 3.05) is 5.32 Å². The van der Waals surface area contributed by atoms with E-state index >= 15 is 0 Å². The van der Waals surface area contributed by atoms with E-state index in [2.05, 4.69) is 20.3 Å². The standard InChI is InChI=1S/C22H18N4O2/c1-14-12-16(28-22-23-10-5-11-24-22)8-9-19(14)26-21(27)18-13-15(2)25-20-7-4-3-6-17(18)20/h3-13H,1-2H3,(H,26,27). The van der Waals surface area contributed by atoms with Crippen molar-refractivity contribution in [2.24, 2.45) is 0 Å². The van der Waals surface area contributed by atoms with Crippen molar-refractivity contribution < 1.29 is 9.53 Å². The highest BCUT2D eigenvalue weighted by Crippen LogP contribution is 2.25. The number of aryl methyl sites for hydroxylation is 2. The fraction of sp³-hybridized carbons (Fsp3) is 0.0909. The summed E-state index contributed by atoms with van der Waals surface area (Å²) < 4.78 is 5.63. The van der Waals surface area contributed by atoms with Gasteiger partial charge < -0.3 is 10.1 Å². The molecule has 28 heavy (non-hydrogen) atoms. The maximum absolute atomic E-state index is 12.9. The van der Waals surface area contributed by atoms with Gasteiger partial charge in [-0.05, 0) is 55.8 Å². The lowest BCUT2D eigenvalue weighted by molar-refractivity contribution is 0.102. The smallest absolute Gasteiger partial charge is 0.321 e. The Morgan fingerprint density at radius 1 is 0.964 bits per heavy atom. The Balaban J connectivity index is 1.59. The molecule has 1 N–H and O–H groups in total. The normalized spacial score (nSPS) is 10.6. The molecule has 0 bridgehead atoms. The van der Waals surface area contributed by atoms with E-state index in [0.29, 0.717) is 17.0 Å². The van der Waals surface area contributed by atoms with E-state index in [1.54, 1.807) is 30.6 Å². The van der Waals surface area contributed by atoms with Crippen LogP contribution < -0.4 is 10.1 Å². The molecule has 4 rings (SSSR count). The fourth-order valence-electron chi connectivity index (χ4n) is 2.97. The van der Waals surface area contributed by atoms with E-state index in [0.717, 1.165) is 22.2 Å². The Labute approximate surface area is 162 Å². The predicted octanol–water partition coefficient (Wildman–Crippen LogP) is 4.69. The summed E-state index contributed by atoms with van der Waals surface area (Å²) in [7, 11) is 0. The van der Waals surface area contributed by atoms with Gasteiger partial charge in [0.05, 0.1) is 11.1 Å². The summed E-state index contributed by atoms with van der Waals surface area (Å²) in [5, 5.41) is 3.81. The Kier molecular flexibility index (Phi) is 4.68. The molecule has 2 aromatic carbocycles. The van der Waals surface area contributed by atoms with E-state index in [9.17, 15) is 4.79 Å². The van der Waals surface area contributed by atoms with Gasteiger partial charge in [-0.1, -0.05) is 18.2 Å². The third-order valence-corrected chi connectivity index (χ3v) is 4.29. The van der Waals surface area contributed by atoms with E-state index in [4.69, 9.17) is 4.74 Å². The summed E-state index contributed by atoms with van der Waals surface area (Å²) in [6.45, 7) is 3.79. The lowest BCUT2D eigenvalue weighted by Gasteiger charge is -2.12. The second-order valence-electron chi connectivity index (χ2n) is 6.39. The number of para-hydroxylation sites is 1. The van der Waals surface area contributed by atoms with Crippen LogP contribution in [-0.4, -0.2) is 20.9 Å². The molecule has 6 nitrogen and oxygen atoms in total. The molecule has 0 atom stereocenters. The third-order valence-electron chi connectivity index (χ3n) is 4.29. The molecule has 0 spiro atoms. The van der Waals surface area contributed by atoms with Crippen LogP contribution in [0.5, 0.6) is 11.8 Å². The summed E-state index contributed by atoms with van der Waals surface area (Å²) in [6.07, 6.45) is 3.23. The molecule has 0 unspecified atom stereocenters. The van der Waals surface area contributed by atoms with Gasteiger partial charge in [-0.3, -0.25) is 9.78 Å². The summed E-state index contributed by atoms with van der Waals surface area (Å²) in [4.78, 5) is 25.5. The number of anilines is 1. The van der Waals surface area contributed by atoms with Crippen molar-refractivity contribution in [1.29, 1.82) is 0 Å². The number of amides is 1. The number of rotatable bonds is 4. The number of ether oxygens (including phenoxy) is 1. The first kappa shape index (κ1) is 17.6. The highest BCUT2D eigenvalue weighted by molar-refractivity contribution is 6.12. The number of pyridine rings is 1. The van der Waals surface area contributed by atoms with Crippen molar-refractivity contribution in [1.82, 2.24) is 15.0 Å². The molecule has 0 fully saturated rings. The second-order valence-corrected chi connectivity index (χ2v) is 6.39. The van der Waals surface area contributed by atoms with E-state index < -0.39 is 0 Å². The maximum Gasteiger partial charge on any atom is 0.321 e. The Morgan fingerprint density at radius 3 is 2.54 bits per heavy atom. The van der Waals surface area contributed by atoms with Crippen LogP contribution in [0.25, 0.3) is 10.9 Å². The first-order valence-electron chi connectivity index (χ1n) is 8.83. The van der Waals surface area contributed by atoms with Crippen LogP contribution in [0.2, 0.25) is 0 Å². The number of aromatic nitrogens is 3. The minimum Gasteiger partial charge on any atom is -0.424 e. The molecule has 0 aliphatic rings. The molecule has 0 aliphatic carbocycles. The molecule has 1 amide bonds. The summed E-state index contributed by atoms with van der Waals surface area (Å²) in [6, 6.07) is 16.8. The SMILES string of the molecule is Cc1cc(C(=O)Nc2ccc(Oc3ncccn3)cc2C)c2ccccc2n1. The van der Waals surface area contributed by atoms with Crippen molar-refractivity contribution in [2.45, 2.75) is 13.8 Å². The number of nitrogens with one attached hydrogen (secondary N) is 1. The molecular weight excluding hydrogens is 352 g/mol. The summed E-state index contributed by atoms with van der Waals surface area (Å²) >= 11 is 0. The van der Waals surface area contributed by atoms with Crippen molar-refractivity contribution in [3.63, 3.8) is 0 Å². The molecule has 4 aromatic rings. The summed E-state index contributed by atoms with van der Waals surface area (Å²) in [5.41, 5.74) is 3.78. The molecule has 2 heterocycles. The number of nitrogens with zero attached hydrogens (tertiary/aromatic N) is 3. The Bertz CT molecular complexity index is 1160. The van der Waals surface area contributed by atoms with E-state index in [-0.39, 0.29) is 11.9 Å². The molecule has 0 radical (unpaired) electrons. The molecule has 138 valence electrons. The molecular formula is C22H18N4O2. The number of fused-ring (bicyclic) bond motifs is 1. The van der Waals surface area contributed by atoms with Crippen LogP contribution in [0, 0.1) is 13.8 Å². The van der Waals surface area contributed by atoms with Crippen LogP contribution in [0.15, 0.2) is 67.0 Å². The van der Waals surface area contributed by atoms with Crippen molar-refractivity contribution in [3.05, 3.63) is 83.8 Å². The van der Waals surface area contributed by atoms with Gasteiger partial charge in [-0.15, -0.1) is 0 Å². The molecule has 6 heteroatoms. The highest BCUT2D eigenvalue weighted by Gasteiger charge is 2.13. The van der Waals surface area contributed by atoms with Gasteiger partial charge in [0.1, 0.15) is 5.75 Å². The van der Waals surface area contributed by atoms with Crippen LogP contribution in [0.1, 0.15) is 21.6 Å². The van der Waals surface area contributed by atoms with E-state index in [1.165, 1.54) is 0 Å². The highest BCUT2D eigenvalue weighted by atomic mass is 16.5. The molecule has 0 saturated carbocycles. The molecule has 0 saturated heterocycles. The van der Waals surface area contributed by atoms with Gasteiger partial charge in [0, 0.05) is 29.2 Å². The van der Waals surface area contributed by atoms with Crippen molar-refractivity contribution in [3.8, 4) is 11.8 Å². The number of carbonyl (C=O) groups is 1. The zero-order valence-electron chi connectivity index (χ0n) is 15.5. The lowest BCUT2D eigenvalue weighted by Crippen LogP contribution is -2.14. The van der Waals surface area contributed by atoms with Crippen LogP contribution in [0.4, 0.5) is 5.69 Å². The van der Waals surface area contributed by atoms with Gasteiger partial charge in [-0.2, -0.15) is 0 Å². The topological polar surface area (TPSA) is 77.0 Å². The number of carbonyl (C=O) groups excluding carboxylic acids is 1. The van der Waals surface area contributed by atoms with Gasteiger partial charge >= 0.3 is 6.01 Å². The predicted molar refractivity (Wildman–Crippen MR) is 108 cm³/mol. The van der Waals surface area contributed by atoms with Crippen LogP contribution >= 0.6 is 0 Å². The number of hydrogen-bond donors (Lipinski definition) is 1. The van der Waals surface area contributed by atoms with Gasteiger partial charge in [-0.25, -0.2) is 9.97 Å². The zero-order chi connectivity index (χ0) is 19.5. The quantitative estimate of drug-likeness (QED) is 0.564. The number of benzene rings is 2. The molecule has 0 aliphatic heterocycles. The first-order valence-corrected chi connectivity index (χ1v) is 8.83. The fourth-order valence-corrected chi connectivity index (χ4v) is 2.97. The minimum absolute atomic E-state index is 0.176. The van der Waals surface area contributed by atoms with Gasteiger partial charge in [0.15, 0.2) is 0 Å². The maximum atomic E-state index is 12.9. The largest absolute Gasteiger partial charge is 0.424 e. The van der Waals surface area contributed by atoms with Crippen LogP contribution in [0.3, 0.4) is 0 Å². The Morgan fingerprint density at radius 2 is 1.75 bits per heavy atom. The summed E-state index contributed by atoms with van der Waals surface area (Å²) in [5.74, 6) is 0.428. The monoisotopic (exact) mass is 370 g/mol. The zero-order valence-corrected chi connectivity index (χ0v) is 15.5. The van der Waals surface area contributed by atoms with Crippen LogP contribution in [-0.2, 0) is 0 Å². The minimum atomic E-state index is -0.176. The van der Waals surface area contributed by atoms with Gasteiger partial charge in [0.2, 0.25) is 0 Å². The van der Waals surface area contributed by atoms with Crippen molar-refractivity contribution >= 4 is 22.5 Å². The molecule has 2 aromatic heterocycles.